The highest BCUT2D eigenvalue weighted by molar-refractivity contribution is 14.1. The lowest BCUT2D eigenvalue weighted by atomic mass is 10.2. The second-order valence-corrected chi connectivity index (χ2v) is 5.21. The van der Waals surface area contributed by atoms with Gasteiger partial charge in [-0.1, -0.05) is 17.7 Å². The number of hydrogen-bond donors (Lipinski definition) is 2. The van der Waals surface area contributed by atoms with Crippen molar-refractivity contribution in [3.63, 3.8) is 0 Å². The normalized spacial score (nSPS) is 10.3. The summed E-state index contributed by atoms with van der Waals surface area (Å²) in [5, 5.41) is 12.1. The fourth-order valence-electron chi connectivity index (χ4n) is 1.48. The van der Waals surface area contributed by atoms with Crippen LogP contribution in [0.1, 0.15) is 10.4 Å². The maximum atomic E-state index is 13.4. The molecule has 0 radical (unpaired) electrons. The van der Waals surface area contributed by atoms with E-state index in [0.29, 0.717) is 9.26 Å². The van der Waals surface area contributed by atoms with Gasteiger partial charge in [0.25, 0.3) is 5.91 Å². The van der Waals surface area contributed by atoms with Crippen molar-refractivity contribution in [2.45, 2.75) is 0 Å². The van der Waals surface area contributed by atoms with E-state index in [-0.39, 0.29) is 16.3 Å². The molecular formula is C13H8ClFINO2. The number of carbonyl (C=O) groups is 1. The smallest absolute Gasteiger partial charge is 0.257 e. The zero-order valence-electron chi connectivity index (χ0n) is 9.45. The lowest BCUT2D eigenvalue weighted by Crippen LogP contribution is -2.13. The number of phenols is 1. The minimum atomic E-state index is -0.510. The van der Waals surface area contributed by atoms with Gasteiger partial charge in [0.1, 0.15) is 11.6 Å². The second-order valence-electron chi connectivity index (χ2n) is 3.72. The second kappa shape index (κ2) is 5.75. The molecule has 6 heteroatoms. The lowest BCUT2D eigenvalue weighted by molar-refractivity contribution is 0.102. The number of benzene rings is 2. The molecule has 2 rings (SSSR count). The summed E-state index contributed by atoms with van der Waals surface area (Å²) in [5.41, 5.74) is 0.478. The summed E-state index contributed by atoms with van der Waals surface area (Å²) in [5.74, 6) is -0.992. The first kappa shape index (κ1) is 14.1. The van der Waals surface area contributed by atoms with Crippen molar-refractivity contribution in [3.05, 3.63) is 56.4 Å². The van der Waals surface area contributed by atoms with Gasteiger partial charge in [0, 0.05) is 0 Å². The number of rotatable bonds is 2. The molecule has 0 aliphatic heterocycles. The van der Waals surface area contributed by atoms with Crippen molar-refractivity contribution >= 4 is 45.8 Å². The molecule has 0 fully saturated rings. The van der Waals surface area contributed by atoms with E-state index in [1.54, 1.807) is 28.7 Å². The lowest BCUT2D eigenvalue weighted by Gasteiger charge is -2.09. The van der Waals surface area contributed by atoms with E-state index in [0.717, 1.165) is 0 Å². The molecule has 0 atom stereocenters. The van der Waals surface area contributed by atoms with Crippen LogP contribution in [0.15, 0.2) is 36.4 Å². The first-order chi connectivity index (χ1) is 8.99. The first-order valence-electron chi connectivity index (χ1n) is 5.23. The maximum absolute atomic E-state index is 13.4. The van der Waals surface area contributed by atoms with E-state index in [9.17, 15) is 14.3 Å². The fourth-order valence-corrected chi connectivity index (χ4v) is 2.18. The van der Waals surface area contributed by atoms with Crippen LogP contribution in [-0.4, -0.2) is 11.0 Å². The number of amides is 1. The van der Waals surface area contributed by atoms with E-state index in [1.807, 2.05) is 0 Å². The zero-order valence-corrected chi connectivity index (χ0v) is 12.4. The van der Waals surface area contributed by atoms with Gasteiger partial charge in [0.2, 0.25) is 0 Å². The quantitative estimate of drug-likeness (QED) is 0.759. The number of anilines is 1. The molecule has 0 bridgehead atoms. The van der Waals surface area contributed by atoms with Gasteiger partial charge in [0.15, 0.2) is 0 Å². The number of nitrogens with one attached hydrogen (secondary N) is 1. The summed E-state index contributed by atoms with van der Waals surface area (Å²) in [4.78, 5) is 12.0. The van der Waals surface area contributed by atoms with Crippen LogP contribution in [0.5, 0.6) is 5.75 Å². The van der Waals surface area contributed by atoms with Crippen molar-refractivity contribution < 1.29 is 14.3 Å². The number of phenolic OH excluding ortho intramolecular Hbond substituents is 1. The molecule has 0 heterocycles. The average molecular weight is 392 g/mol. The highest BCUT2D eigenvalue weighted by atomic mass is 127. The van der Waals surface area contributed by atoms with Crippen LogP contribution in [0.4, 0.5) is 10.1 Å². The summed E-state index contributed by atoms with van der Waals surface area (Å²) in [6.45, 7) is 0. The molecule has 0 saturated heterocycles. The molecule has 0 unspecified atom stereocenters. The minimum absolute atomic E-state index is 0.0662. The predicted molar refractivity (Wildman–Crippen MR) is 80.2 cm³/mol. The van der Waals surface area contributed by atoms with Gasteiger partial charge in [0.05, 0.1) is 19.8 Å². The van der Waals surface area contributed by atoms with Crippen molar-refractivity contribution in [2.75, 3.05) is 5.32 Å². The molecule has 19 heavy (non-hydrogen) atoms. The number of carbonyl (C=O) groups excluding carboxylic acids is 1. The van der Waals surface area contributed by atoms with Crippen LogP contribution in [0.3, 0.4) is 0 Å². The Balaban J connectivity index is 2.31. The van der Waals surface area contributed by atoms with Crippen LogP contribution in [-0.2, 0) is 0 Å². The van der Waals surface area contributed by atoms with Gasteiger partial charge in [-0.2, -0.15) is 0 Å². The molecule has 2 aromatic carbocycles. The van der Waals surface area contributed by atoms with Crippen molar-refractivity contribution in [3.8, 4) is 5.75 Å². The van der Waals surface area contributed by atoms with Crippen molar-refractivity contribution in [1.29, 1.82) is 0 Å². The largest absolute Gasteiger partial charge is 0.508 e. The standard InChI is InChI=1S/C13H8ClFINO2/c14-9-5-4-7(18)6-8(9)13(19)17-11-3-1-2-10(15)12(11)16/h1-6,18H,(H,17,19). The van der Waals surface area contributed by atoms with Crippen LogP contribution in [0.25, 0.3) is 0 Å². The van der Waals surface area contributed by atoms with E-state index < -0.39 is 11.7 Å². The molecule has 0 saturated carbocycles. The summed E-state index contributed by atoms with van der Waals surface area (Å²) < 4.78 is 13.7. The number of hydrogen-bond acceptors (Lipinski definition) is 2. The third-order valence-electron chi connectivity index (χ3n) is 2.39. The summed E-state index contributed by atoms with van der Waals surface area (Å²) in [6.07, 6.45) is 0. The van der Waals surface area contributed by atoms with Gasteiger partial charge >= 0.3 is 0 Å². The average Bonchev–Trinajstić information content (AvgIpc) is 2.38. The van der Waals surface area contributed by atoms with Crippen LogP contribution in [0, 0.1) is 9.39 Å². The highest BCUT2D eigenvalue weighted by Crippen LogP contribution is 2.25. The first-order valence-corrected chi connectivity index (χ1v) is 6.68. The van der Waals surface area contributed by atoms with Crippen LogP contribution in [0.2, 0.25) is 5.02 Å². The monoisotopic (exact) mass is 391 g/mol. The Morgan fingerprint density at radius 3 is 2.79 bits per heavy atom. The van der Waals surface area contributed by atoms with E-state index in [2.05, 4.69) is 5.32 Å². The summed E-state index contributed by atoms with van der Waals surface area (Å²) in [7, 11) is 0. The van der Waals surface area contributed by atoms with Crippen molar-refractivity contribution in [1.82, 2.24) is 0 Å². The predicted octanol–water partition coefficient (Wildman–Crippen LogP) is 4.04. The minimum Gasteiger partial charge on any atom is -0.508 e. The van der Waals surface area contributed by atoms with Crippen LogP contribution < -0.4 is 5.32 Å². The van der Waals surface area contributed by atoms with Gasteiger partial charge in [-0.15, -0.1) is 0 Å². The van der Waals surface area contributed by atoms with Crippen molar-refractivity contribution in [2.24, 2.45) is 0 Å². The molecule has 2 aromatic rings. The van der Waals surface area contributed by atoms with Gasteiger partial charge < -0.3 is 10.4 Å². The summed E-state index contributed by atoms with van der Waals surface area (Å²) >= 11 is 7.68. The fraction of sp³-hybridized carbons (Fsp3) is 0. The van der Waals surface area contributed by atoms with Gasteiger partial charge in [-0.3, -0.25) is 4.79 Å². The van der Waals surface area contributed by atoms with E-state index >= 15 is 0 Å². The Bertz CT molecular complexity index is 649. The molecule has 1 amide bonds. The molecule has 98 valence electrons. The van der Waals surface area contributed by atoms with Gasteiger partial charge in [-0.25, -0.2) is 4.39 Å². The molecule has 0 spiro atoms. The SMILES string of the molecule is O=C(Nc1cccc(F)c1I)c1cc(O)ccc1Cl. The number of halogens is 3. The third kappa shape index (κ3) is 3.16. The Labute approximate surface area is 127 Å². The zero-order chi connectivity index (χ0) is 14.0. The highest BCUT2D eigenvalue weighted by Gasteiger charge is 2.14. The maximum Gasteiger partial charge on any atom is 0.257 e. The molecule has 0 aliphatic carbocycles. The molecule has 0 aliphatic rings. The molecule has 0 aromatic heterocycles. The van der Waals surface area contributed by atoms with E-state index in [1.165, 1.54) is 30.3 Å². The Morgan fingerprint density at radius 1 is 1.32 bits per heavy atom. The van der Waals surface area contributed by atoms with E-state index in [4.69, 9.17) is 11.6 Å². The topological polar surface area (TPSA) is 49.3 Å². The number of aromatic hydroxyl groups is 1. The van der Waals surface area contributed by atoms with Crippen LogP contribution >= 0.6 is 34.2 Å². The summed E-state index contributed by atoms with van der Waals surface area (Å²) in [6, 6.07) is 8.44. The molecular weight excluding hydrogens is 384 g/mol. The Kier molecular flexibility index (Phi) is 4.26. The third-order valence-corrected chi connectivity index (χ3v) is 3.82. The van der Waals surface area contributed by atoms with Gasteiger partial charge in [-0.05, 0) is 52.9 Å². The Hall–Kier alpha value is -1.34. The Morgan fingerprint density at radius 2 is 2.05 bits per heavy atom. The molecule has 3 nitrogen and oxygen atoms in total. The molecule has 2 N–H and O–H groups in total.